The van der Waals surface area contributed by atoms with Crippen LogP contribution >= 0.6 is 11.3 Å². The lowest BCUT2D eigenvalue weighted by molar-refractivity contribution is 0.150. The summed E-state index contributed by atoms with van der Waals surface area (Å²) < 4.78 is 57.4. The molecule has 2 saturated heterocycles. The Hall–Kier alpha value is -3.32. The fourth-order valence-electron chi connectivity index (χ4n) is 5.88. The van der Waals surface area contributed by atoms with Gasteiger partial charge in [0, 0.05) is 31.6 Å². The highest BCUT2D eigenvalue weighted by Gasteiger charge is 2.47. The lowest BCUT2D eigenvalue weighted by atomic mass is 10.0. The van der Waals surface area contributed by atoms with Crippen LogP contribution in [0.2, 0.25) is 0 Å². The molecule has 0 bridgehead atoms. The Bertz CT molecular complexity index is 1760. The number of likely N-dealkylation sites (tertiary alicyclic amines) is 1. The maximum absolute atomic E-state index is 13.4. The van der Waals surface area contributed by atoms with Crippen molar-refractivity contribution in [1.29, 1.82) is 5.26 Å². The summed E-state index contributed by atoms with van der Waals surface area (Å²) in [5.41, 5.74) is -0.237. The van der Waals surface area contributed by atoms with Gasteiger partial charge >= 0.3 is 0 Å². The molecule has 0 amide bonds. The van der Waals surface area contributed by atoms with Crippen LogP contribution in [-0.4, -0.2) is 76.8 Å². The van der Waals surface area contributed by atoms with Crippen molar-refractivity contribution in [3.05, 3.63) is 29.5 Å². The van der Waals surface area contributed by atoms with Gasteiger partial charge in [0.1, 0.15) is 17.7 Å². The lowest BCUT2D eigenvalue weighted by Crippen LogP contribution is -2.35. The maximum atomic E-state index is 13.4. The number of nitrogens with one attached hydrogen (secondary N) is 1. The molecule has 1 aromatic carbocycles. The van der Waals surface area contributed by atoms with Crippen LogP contribution in [0.3, 0.4) is 0 Å². The van der Waals surface area contributed by atoms with Crippen LogP contribution in [0, 0.1) is 23.2 Å². The summed E-state index contributed by atoms with van der Waals surface area (Å²) in [6.07, 6.45) is -0.471. The van der Waals surface area contributed by atoms with Crippen molar-refractivity contribution in [3.63, 3.8) is 0 Å². The quantitative estimate of drug-likeness (QED) is 0.371. The molecule has 2 aliphatic heterocycles. The molecular weight excluding hydrogens is 548 g/mol. The molecule has 3 aromatic heterocycles. The first-order valence-electron chi connectivity index (χ1n) is 12.5. The van der Waals surface area contributed by atoms with E-state index in [1.165, 1.54) is 18.5 Å². The fourth-order valence-corrected chi connectivity index (χ4v) is 8.00. The van der Waals surface area contributed by atoms with Crippen molar-refractivity contribution in [1.82, 2.24) is 34.4 Å². The number of fused-ring (bicyclic) bond motifs is 4. The first-order valence-corrected chi connectivity index (χ1v) is 14.8. The number of hydrogen-bond donors (Lipinski definition) is 1. The molecule has 3 fully saturated rings. The first kappa shape index (κ1) is 24.7. The molecule has 5 heterocycles. The molecule has 1 saturated carbocycles. The zero-order chi connectivity index (χ0) is 27.1. The summed E-state index contributed by atoms with van der Waals surface area (Å²) in [6.45, 7) is 3.68. The van der Waals surface area contributed by atoms with E-state index in [4.69, 9.17) is 0 Å². The van der Waals surface area contributed by atoms with Gasteiger partial charge in [0.25, 0.3) is 6.43 Å². The SMILES string of the molecule is CN1CC2CN(c3ncnc4c3c3ccc(S(=O)(=O)NC5(C#N)CC5)cc3n4-c3nnc(C(F)F)s3)CC2C1. The Labute approximate surface area is 226 Å². The fraction of sp³-hybridized carbons (Fsp3) is 0.458. The Morgan fingerprint density at radius 3 is 2.54 bits per heavy atom. The van der Waals surface area contributed by atoms with Crippen molar-refractivity contribution < 1.29 is 17.2 Å². The minimum Gasteiger partial charge on any atom is -0.355 e. The van der Waals surface area contributed by atoms with Gasteiger partial charge in [-0.3, -0.25) is 4.57 Å². The Morgan fingerprint density at radius 2 is 1.90 bits per heavy atom. The highest BCUT2D eigenvalue weighted by molar-refractivity contribution is 7.89. The number of halogens is 2. The van der Waals surface area contributed by atoms with Crippen molar-refractivity contribution in [3.8, 4) is 11.2 Å². The van der Waals surface area contributed by atoms with E-state index in [0.717, 1.165) is 43.3 Å². The van der Waals surface area contributed by atoms with Gasteiger partial charge in [0.05, 0.1) is 21.9 Å². The molecule has 1 N–H and O–H groups in total. The van der Waals surface area contributed by atoms with E-state index in [-0.39, 0.29) is 10.0 Å². The first-order chi connectivity index (χ1) is 18.7. The van der Waals surface area contributed by atoms with Crippen molar-refractivity contribution in [2.45, 2.75) is 29.7 Å². The van der Waals surface area contributed by atoms with E-state index in [1.54, 1.807) is 10.6 Å². The summed E-state index contributed by atoms with van der Waals surface area (Å²) in [4.78, 5) is 13.6. The van der Waals surface area contributed by atoms with Gasteiger partial charge < -0.3 is 9.80 Å². The number of sulfonamides is 1. The number of rotatable bonds is 6. The van der Waals surface area contributed by atoms with Crippen LogP contribution in [0.4, 0.5) is 14.6 Å². The second kappa shape index (κ2) is 8.59. The summed E-state index contributed by atoms with van der Waals surface area (Å²) in [5.74, 6) is 1.75. The van der Waals surface area contributed by atoms with E-state index < -0.39 is 27.0 Å². The van der Waals surface area contributed by atoms with Gasteiger partial charge in [0.15, 0.2) is 10.7 Å². The van der Waals surface area contributed by atoms with E-state index in [9.17, 15) is 22.5 Å². The van der Waals surface area contributed by atoms with Gasteiger partial charge in [-0.2, -0.15) is 9.98 Å². The highest BCUT2D eigenvalue weighted by Crippen LogP contribution is 2.41. The third-order valence-corrected chi connectivity index (χ3v) is 10.3. The molecule has 0 spiro atoms. The van der Waals surface area contributed by atoms with Crippen LogP contribution in [-0.2, 0) is 10.0 Å². The summed E-state index contributed by atoms with van der Waals surface area (Å²) in [7, 11) is -1.91. The molecule has 3 aliphatic rings. The van der Waals surface area contributed by atoms with Crippen LogP contribution < -0.4 is 9.62 Å². The molecule has 7 rings (SSSR count). The van der Waals surface area contributed by atoms with Crippen LogP contribution in [0.15, 0.2) is 29.4 Å². The average Bonchev–Trinajstić information content (AvgIpc) is 3.26. The van der Waals surface area contributed by atoms with E-state index in [0.29, 0.717) is 46.6 Å². The van der Waals surface area contributed by atoms with Gasteiger partial charge in [0.2, 0.25) is 15.2 Å². The lowest BCUT2D eigenvalue weighted by Gasteiger charge is -2.21. The summed E-state index contributed by atoms with van der Waals surface area (Å²) in [5, 5.41) is 18.1. The zero-order valence-corrected chi connectivity index (χ0v) is 22.4. The van der Waals surface area contributed by atoms with Gasteiger partial charge in [-0.1, -0.05) is 17.4 Å². The van der Waals surface area contributed by atoms with Gasteiger partial charge in [-0.25, -0.2) is 27.2 Å². The third-order valence-electron chi connectivity index (χ3n) is 7.88. The standard InChI is InChI=1S/C24H23F2N9O2S2/c1-33-7-13-9-34(10-14(13)8-33)20-18-16-3-2-15(39(36,37)32-24(11-27)4-5-24)6-17(16)35(21(18)29-12-28-20)23-31-30-22(38-23)19(25)26/h2-3,6,12-14,19,32H,4-5,7-10H2,1H3. The number of alkyl halides is 2. The van der Waals surface area contributed by atoms with Gasteiger partial charge in [-0.15, -0.1) is 10.2 Å². The molecule has 202 valence electrons. The number of anilines is 1. The topological polar surface area (TPSA) is 133 Å². The molecule has 1 aliphatic carbocycles. The number of nitrogens with zero attached hydrogens (tertiary/aromatic N) is 8. The van der Waals surface area contributed by atoms with E-state index in [2.05, 4.69) is 41.7 Å². The average molecular weight is 572 g/mol. The number of aromatic nitrogens is 5. The van der Waals surface area contributed by atoms with Crippen molar-refractivity contribution >= 4 is 49.1 Å². The molecule has 0 radical (unpaired) electrons. The Kier molecular flexibility index (Phi) is 5.44. The largest absolute Gasteiger partial charge is 0.355 e. The molecule has 2 unspecified atom stereocenters. The van der Waals surface area contributed by atoms with Crippen LogP contribution in [0.1, 0.15) is 24.3 Å². The van der Waals surface area contributed by atoms with E-state index in [1.807, 2.05) is 6.07 Å². The third kappa shape index (κ3) is 3.96. The van der Waals surface area contributed by atoms with E-state index >= 15 is 0 Å². The molecule has 15 heteroatoms. The number of nitriles is 1. The highest BCUT2D eigenvalue weighted by atomic mass is 32.2. The Morgan fingerprint density at radius 1 is 1.15 bits per heavy atom. The minimum atomic E-state index is -4.03. The number of benzene rings is 1. The maximum Gasteiger partial charge on any atom is 0.291 e. The van der Waals surface area contributed by atoms with Crippen LogP contribution in [0.5, 0.6) is 0 Å². The summed E-state index contributed by atoms with van der Waals surface area (Å²) in [6, 6.07) is 6.67. The van der Waals surface area contributed by atoms with Gasteiger partial charge in [-0.05, 0) is 43.9 Å². The van der Waals surface area contributed by atoms with Crippen molar-refractivity contribution in [2.75, 3.05) is 38.1 Å². The normalized spacial score (nSPS) is 22.7. The summed E-state index contributed by atoms with van der Waals surface area (Å²) >= 11 is 0.720. The minimum absolute atomic E-state index is 0.0487. The predicted octanol–water partition coefficient (Wildman–Crippen LogP) is 2.70. The predicted molar refractivity (Wildman–Crippen MR) is 139 cm³/mol. The second-order valence-corrected chi connectivity index (χ2v) is 13.2. The molecule has 11 nitrogen and oxygen atoms in total. The molecule has 39 heavy (non-hydrogen) atoms. The molecular formula is C24H23F2N9O2S2. The smallest absolute Gasteiger partial charge is 0.291 e. The van der Waals surface area contributed by atoms with Crippen LogP contribution in [0.25, 0.3) is 27.1 Å². The Balaban J connectivity index is 1.42. The number of hydrogen-bond acceptors (Lipinski definition) is 10. The zero-order valence-electron chi connectivity index (χ0n) is 20.8. The van der Waals surface area contributed by atoms with Crippen molar-refractivity contribution in [2.24, 2.45) is 11.8 Å². The second-order valence-electron chi connectivity index (χ2n) is 10.6. The molecule has 2 atom stereocenters. The monoisotopic (exact) mass is 571 g/mol. The molecule has 4 aromatic rings.